The Labute approximate surface area is 208 Å². The third-order valence-corrected chi connectivity index (χ3v) is 6.79. The van der Waals surface area contributed by atoms with Crippen molar-refractivity contribution >= 4 is 0 Å². The zero-order valence-electron chi connectivity index (χ0n) is 22.5. The summed E-state index contributed by atoms with van der Waals surface area (Å²) in [5, 5.41) is 4.54. The molecule has 0 saturated heterocycles. The Morgan fingerprint density at radius 1 is 0.515 bits per heavy atom. The van der Waals surface area contributed by atoms with Crippen molar-refractivity contribution in [2.24, 2.45) is 0 Å². The zero-order valence-corrected chi connectivity index (χ0v) is 22.5. The van der Waals surface area contributed by atoms with E-state index >= 15 is 0 Å². The monoisotopic (exact) mass is 454 g/mol. The van der Waals surface area contributed by atoms with Gasteiger partial charge in [0.1, 0.15) is 0 Å². The second kappa shape index (κ2) is 23.9. The Morgan fingerprint density at radius 3 is 1.36 bits per heavy atom. The molecule has 0 aliphatic carbocycles. The number of hydrogen-bond donors (Lipinski definition) is 0. The van der Waals surface area contributed by atoms with Gasteiger partial charge in [0.15, 0.2) is 0 Å². The minimum absolute atomic E-state index is 1.14. The van der Waals surface area contributed by atoms with E-state index < -0.39 is 0 Å². The van der Waals surface area contributed by atoms with Gasteiger partial charge in [-0.2, -0.15) is 0 Å². The van der Waals surface area contributed by atoms with Gasteiger partial charge in [0.2, 0.25) is 0 Å². The van der Waals surface area contributed by atoms with Gasteiger partial charge in [0.05, 0.1) is 5.70 Å². The van der Waals surface area contributed by atoms with E-state index in [1.807, 2.05) is 6.20 Å². The van der Waals surface area contributed by atoms with Crippen LogP contribution in [-0.4, -0.2) is 0 Å². The Hall–Kier alpha value is -1.24. The first-order valence-electron chi connectivity index (χ1n) is 14.8. The summed E-state index contributed by atoms with van der Waals surface area (Å²) in [6.07, 6.45) is 43.8. The lowest BCUT2D eigenvalue weighted by atomic mass is 10.1. The highest BCUT2D eigenvalue weighted by atomic mass is 14.9. The molecule has 189 valence electrons. The molecule has 0 aromatic heterocycles. The first-order chi connectivity index (χ1) is 16.4. The van der Waals surface area contributed by atoms with Gasteiger partial charge in [0, 0.05) is 11.8 Å². The molecule has 0 fully saturated rings. The predicted octanol–water partition coefficient (Wildman–Crippen LogP) is 11.1. The molecule has 1 rings (SSSR count). The molecule has 33 heavy (non-hydrogen) atoms. The van der Waals surface area contributed by atoms with E-state index in [9.17, 15) is 0 Å². The van der Waals surface area contributed by atoms with Crippen LogP contribution >= 0.6 is 0 Å². The molecule has 1 aliphatic rings. The Kier molecular flexibility index (Phi) is 21.6. The summed E-state index contributed by atoms with van der Waals surface area (Å²) in [7, 11) is 0. The van der Waals surface area contributed by atoms with E-state index in [1.165, 1.54) is 147 Å². The van der Waals surface area contributed by atoms with Gasteiger partial charge >= 0.3 is 0 Å². The maximum Gasteiger partial charge on any atom is 0.0699 e. The Bertz CT molecular complexity index is 537. The summed E-state index contributed by atoms with van der Waals surface area (Å²) in [6.45, 7) is 4.58. The van der Waals surface area contributed by atoms with Gasteiger partial charge in [-0.1, -0.05) is 148 Å². The van der Waals surface area contributed by atoms with Crippen molar-refractivity contribution in [1.29, 1.82) is 0 Å². The van der Waals surface area contributed by atoms with Crippen LogP contribution in [0.5, 0.6) is 0 Å². The number of nitrogens with zero attached hydrogens (tertiary/aromatic N) is 1. The smallest absolute Gasteiger partial charge is 0.0699 e. The lowest BCUT2D eigenvalue weighted by Gasteiger charge is -2.02. The minimum atomic E-state index is 1.14. The van der Waals surface area contributed by atoms with Crippen LogP contribution in [0.1, 0.15) is 155 Å². The average Bonchev–Trinajstić information content (AvgIpc) is 3.27. The van der Waals surface area contributed by atoms with Crippen LogP contribution in [0.4, 0.5) is 0 Å². The molecule has 1 nitrogen and oxygen atoms in total. The molecule has 1 heterocycles. The van der Waals surface area contributed by atoms with E-state index in [1.54, 1.807) is 0 Å². The Balaban J connectivity index is 2.00. The normalized spacial score (nSPS) is 13.8. The van der Waals surface area contributed by atoms with E-state index in [-0.39, 0.29) is 0 Å². The molecule has 0 atom stereocenters. The third-order valence-electron chi connectivity index (χ3n) is 6.79. The minimum Gasteiger partial charge on any atom is -0.256 e. The molecule has 0 unspecified atom stereocenters. The van der Waals surface area contributed by atoms with E-state index in [0.717, 1.165) is 5.70 Å². The van der Waals surface area contributed by atoms with E-state index in [2.05, 4.69) is 49.5 Å². The largest absolute Gasteiger partial charge is 0.256 e. The van der Waals surface area contributed by atoms with Crippen LogP contribution in [0.2, 0.25) is 0 Å². The third kappa shape index (κ3) is 18.8. The van der Waals surface area contributed by atoms with Crippen LogP contribution in [0, 0.1) is 0 Å². The topological polar surface area (TPSA) is 14.1 Å². The fourth-order valence-corrected chi connectivity index (χ4v) is 4.54. The molecule has 0 saturated carbocycles. The maximum atomic E-state index is 4.54. The maximum absolute atomic E-state index is 4.54. The second-order valence-corrected chi connectivity index (χ2v) is 10.0. The zero-order chi connectivity index (χ0) is 23.7. The molecule has 0 aromatic carbocycles. The first-order valence-corrected chi connectivity index (χ1v) is 14.8. The van der Waals surface area contributed by atoms with Gasteiger partial charge < -0.3 is 0 Å². The van der Waals surface area contributed by atoms with Gasteiger partial charge in [-0.15, -0.1) is 0 Å². The fourth-order valence-electron chi connectivity index (χ4n) is 4.54. The highest BCUT2D eigenvalue weighted by molar-refractivity contribution is 5.44. The predicted molar refractivity (Wildman–Crippen MR) is 150 cm³/mol. The van der Waals surface area contributed by atoms with Crippen LogP contribution in [0.15, 0.2) is 47.9 Å². The number of unbranched alkanes of at least 4 members (excludes halogenated alkanes) is 20. The van der Waals surface area contributed by atoms with Crippen molar-refractivity contribution in [2.45, 2.75) is 155 Å². The van der Waals surface area contributed by atoms with Crippen molar-refractivity contribution in [2.75, 3.05) is 0 Å². The number of rotatable bonds is 24. The molecule has 0 spiro atoms. The second-order valence-electron chi connectivity index (χ2n) is 10.0. The summed E-state index contributed by atoms with van der Waals surface area (Å²) in [4.78, 5) is 0. The molecule has 0 aromatic rings. The van der Waals surface area contributed by atoms with Crippen LogP contribution in [-0.2, 0) is 0 Å². The first kappa shape index (κ1) is 29.8. The molecule has 0 N–H and O–H groups in total. The van der Waals surface area contributed by atoms with Crippen molar-refractivity contribution in [3.63, 3.8) is 0 Å². The SMILES string of the molecule is CCCCCCCCCCCCC=CC1=C(C=CCCCCCCCCCCCC)[N]C=C1. The van der Waals surface area contributed by atoms with Crippen LogP contribution in [0.3, 0.4) is 0 Å². The fraction of sp³-hybridized carbons (Fsp3) is 0.750. The quantitative estimate of drug-likeness (QED) is 0.129. The highest BCUT2D eigenvalue weighted by Crippen LogP contribution is 2.17. The molecular formula is C32H56N. The summed E-state index contributed by atoms with van der Waals surface area (Å²) >= 11 is 0. The number of allylic oxidation sites excluding steroid dienone is 6. The molecular weight excluding hydrogens is 398 g/mol. The summed E-state index contributed by atoms with van der Waals surface area (Å²) in [5.74, 6) is 0. The van der Waals surface area contributed by atoms with E-state index in [4.69, 9.17) is 0 Å². The molecule has 1 radical (unpaired) electrons. The summed E-state index contributed by atoms with van der Waals surface area (Å²) < 4.78 is 0. The van der Waals surface area contributed by atoms with Gasteiger partial charge in [-0.25, -0.2) is 0 Å². The lowest BCUT2D eigenvalue weighted by molar-refractivity contribution is 0.557. The Morgan fingerprint density at radius 2 is 0.909 bits per heavy atom. The van der Waals surface area contributed by atoms with Gasteiger partial charge in [-0.3, -0.25) is 5.32 Å². The molecule has 1 heteroatoms. The number of hydrogen-bond acceptors (Lipinski definition) is 0. The standard InChI is InChI=1S/C32H56N/c1-3-5-7-9-11-13-15-17-19-21-23-25-27-31-29-30-33-32(31)28-26-24-22-20-18-16-14-12-10-8-6-4-2/h25-30H,3-24H2,1-2H3. The van der Waals surface area contributed by atoms with Crippen molar-refractivity contribution in [3.05, 3.63) is 47.9 Å². The van der Waals surface area contributed by atoms with Crippen molar-refractivity contribution in [1.82, 2.24) is 5.32 Å². The lowest BCUT2D eigenvalue weighted by Crippen LogP contribution is -1.89. The summed E-state index contributed by atoms with van der Waals surface area (Å²) in [5.41, 5.74) is 2.42. The molecule has 0 amide bonds. The molecule has 1 aliphatic heterocycles. The van der Waals surface area contributed by atoms with Crippen molar-refractivity contribution < 1.29 is 0 Å². The molecule has 0 bridgehead atoms. The van der Waals surface area contributed by atoms with E-state index in [0.29, 0.717) is 0 Å². The van der Waals surface area contributed by atoms with Crippen LogP contribution in [0.25, 0.3) is 0 Å². The van der Waals surface area contributed by atoms with Gasteiger partial charge in [0.25, 0.3) is 0 Å². The highest BCUT2D eigenvalue weighted by Gasteiger charge is 2.04. The average molecular weight is 455 g/mol. The van der Waals surface area contributed by atoms with Crippen molar-refractivity contribution in [3.8, 4) is 0 Å². The van der Waals surface area contributed by atoms with Gasteiger partial charge in [-0.05, 0) is 37.8 Å². The summed E-state index contributed by atoms with van der Waals surface area (Å²) in [6, 6.07) is 0. The van der Waals surface area contributed by atoms with Crippen LogP contribution < -0.4 is 5.32 Å².